The van der Waals surface area contributed by atoms with Crippen LogP contribution in [-0.4, -0.2) is 27.3 Å². The number of hydrogen-bond donors (Lipinski definition) is 1. The summed E-state index contributed by atoms with van der Waals surface area (Å²) in [5.74, 6) is -1.22. The molecule has 0 fully saturated rings. The molecule has 0 aliphatic rings. The third-order valence-electron chi connectivity index (χ3n) is 4.36. The maximum absolute atomic E-state index is 14.1. The predicted molar refractivity (Wildman–Crippen MR) is 104 cm³/mol. The first kappa shape index (κ1) is 20.4. The number of carbonyl (C=O) groups is 1. The molecule has 3 aromatic rings. The average Bonchev–Trinajstić information content (AvgIpc) is 2.99. The van der Waals surface area contributed by atoms with Gasteiger partial charge in [0, 0.05) is 24.9 Å². The molecule has 0 saturated carbocycles. The number of nitrogens with zero attached hydrogens (tertiary/aromatic N) is 3. The molecule has 1 N–H and O–H groups in total. The van der Waals surface area contributed by atoms with Crippen molar-refractivity contribution in [3.8, 4) is 11.6 Å². The van der Waals surface area contributed by atoms with Crippen LogP contribution in [0.5, 0.6) is 5.88 Å². The van der Waals surface area contributed by atoms with Gasteiger partial charge in [-0.1, -0.05) is 13.0 Å². The Balaban J connectivity index is 1.74. The van der Waals surface area contributed by atoms with Crippen LogP contribution in [0.4, 0.5) is 8.78 Å². The van der Waals surface area contributed by atoms with Gasteiger partial charge in [-0.2, -0.15) is 5.10 Å². The quantitative estimate of drug-likeness (QED) is 0.654. The molecule has 0 spiro atoms. The summed E-state index contributed by atoms with van der Waals surface area (Å²) in [5.41, 5.74) is 2.16. The van der Waals surface area contributed by atoms with Crippen molar-refractivity contribution in [1.82, 2.24) is 20.1 Å². The third kappa shape index (κ3) is 4.59. The van der Waals surface area contributed by atoms with Crippen molar-refractivity contribution in [2.75, 3.05) is 6.61 Å². The molecule has 0 unspecified atom stereocenters. The molecule has 0 atom stereocenters. The fraction of sp³-hybridized carbons (Fsp3) is 0.286. The van der Waals surface area contributed by atoms with Crippen molar-refractivity contribution in [3.05, 3.63) is 70.7 Å². The molecule has 2 heterocycles. The summed E-state index contributed by atoms with van der Waals surface area (Å²) in [5, 5.41) is 7.07. The molecule has 8 heteroatoms. The minimum absolute atomic E-state index is 0.0814. The molecule has 152 valence electrons. The number of hydrogen-bond acceptors (Lipinski definition) is 4. The van der Waals surface area contributed by atoms with Crippen LogP contribution < -0.4 is 10.1 Å². The Kier molecular flexibility index (Phi) is 6.21. The summed E-state index contributed by atoms with van der Waals surface area (Å²) in [6.45, 7) is 6.22. The second-order valence-electron chi connectivity index (χ2n) is 6.59. The third-order valence-corrected chi connectivity index (χ3v) is 4.36. The van der Waals surface area contributed by atoms with Crippen LogP contribution in [0.2, 0.25) is 0 Å². The van der Waals surface area contributed by atoms with Crippen molar-refractivity contribution in [2.45, 2.75) is 33.7 Å². The summed E-state index contributed by atoms with van der Waals surface area (Å²) in [6.07, 6.45) is 2.54. The van der Waals surface area contributed by atoms with Crippen LogP contribution >= 0.6 is 0 Å². The highest BCUT2D eigenvalue weighted by atomic mass is 19.1. The SMILES string of the molecule is CCCOc1ccc(CNC(=O)c2c(C)nn(-c3ccc(F)cc3F)c2C)cn1. The van der Waals surface area contributed by atoms with E-state index >= 15 is 0 Å². The number of amides is 1. The summed E-state index contributed by atoms with van der Waals surface area (Å²) in [4.78, 5) is 16.9. The summed E-state index contributed by atoms with van der Waals surface area (Å²) < 4.78 is 34.0. The van der Waals surface area contributed by atoms with Gasteiger partial charge in [-0.15, -0.1) is 0 Å². The fourth-order valence-electron chi connectivity index (χ4n) is 2.94. The Hall–Kier alpha value is -3.29. The highest BCUT2D eigenvalue weighted by Gasteiger charge is 2.21. The van der Waals surface area contributed by atoms with E-state index in [1.54, 1.807) is 26.1 Å². The van der Waals surface area contributed by atoms with E-state index in [-0.39, 0.29) is 18.1 Å². The van der Waals surface area contributed by atoms with Gasteiger partial charge in [-0.3, -0.25) is 4.79 Å². The zero-order valence-corrected chi connectivity index (χ0v) is 16.5. The fourth-order valence-corrected chi connectivity index (χ4v) is 2.94. The van der Waals surface area contributed by atoms with Gasteiger partial charge in [0.25, 0.3) is 5.91 Å². The van der Waals surface area contributed by atoms with E-state index in [9.17, 15) is 13.6 Å². The number of aryl methyl sites for hydroxylation is 1. The smallest absolute Gasteiger partial charge is 0.255 e. The van der Waals surface area contributed by atoms with Crippen molar-refractivity contribution in [1.29, 1.82) is 0 Å². The molecule has 1 amide bonds. The largest absolute Gasteiger partial charge is 0.478 e. The monoisotopic (exact) mass is 400 g/mol. The first-order valence-corrected chi connectivity index (χ1v) is 9.28. The van der Waals surface area contributed by atoms with E-state index in [1.165, 1.54) is 10.7 Å². The van der Waals surface area contributed by atoms with Crippen molar-refractivity contribution < 1.29 is 18.3 Å². The second-order valence-corrected chi connectivity index (χ2v) is 6.59. The Morgan fingerprint density at radius 1 is 1.21 bits per heavy atom. The molecule has 6 nitrogen and oxygen atoms in total. The van der Waals surface area contributed by atoms with Gasteiger partial charge in [-0.25, -0.2) is 18.4 Å². The van der Waals surface area contributed by atoms with Crippen LogP contribution in [0.15, 0.2) is 36.5 Å². The highest BCUT2D eigenvalue weighted by Crippen LogP contribution is 2.21. The Labute approximate surface area is 167 Å². The zero-order valence-electron chi connectivity index (χ0n) is 16.5. The van der Waals surface area contributed by atoms with Gasteiger partial charge in [0.15, 0.2) is 5.82 Å². The van der Waals surface area contributed by atoms with Crippen molar-refractivity contribution >= 4 is 5.91 Å². The molecule has 0 bridgehead atoms. The lowest BCUT2D eigenvalue weighted by atomic mass is 10.1. The van der Waals surface area contributed by atoms with Crippen LogP contribution in [0.1, 0.15) is 40.7 Å². The first-order valence-electron chi connectivity index (χ1n) is 9.28. The number of rotatable bonds is 7. The number of pyridine rings is 1. The number of carbonyl (C=O) groups excluding carboxylic acids is 1. The lowest BCUT2D eigenvalue weighted by molar-refractivity contribution is 0.0949. The second kappa shape index (κ2) is 8.81. The summed E-state index contributed by atoms with van der Waals surface area (Å²) >= 11 is 0. The van der Waals surface area contributed by atoms with Crippen LogP contribution in [0.3, 0.4) is 0 Å². The van der Waals surface area contributed by atoms with E-state index in [1.807, 2.05) is 13.0 Å². The van der Waals surface area contributed by atoms with Gasteiger partial charge < -0.3 is 10.1 Å². The predicted octanol–water partition coefficient (Wildman–Crippen LogP) is 3.88. The lowest BCUT2D eigenvalue weighted by Crippen LogP contribution is -2.24. The molecule has 2 aromatic heterocycles. The number of ether oxygens (including phenoxy) is 1. The molecule has 0 aliphatic heterocycles. The van der Waals surface area contributed by atoms with Gasteiger partial charge >= 0.3 is 0 Å². The Bertz CT molecular complexity index is 1020. The topological polar surface area (TPSA) is 69.0 Å². The maximum Gasteiger partial charge on any atom is 0.255 e. The standard InChI is InChI=1S/C21H22F2N4O2/c1-4-9-29-19-8-5-15(11-24-19)12-25-21(28)20-13(2)26-27(14(20)3)18-7-6-16(22)10-17(18)23/h5-8,10-11H,4,9,12H2,1-3H3,(H,25,28). The maximum atomic E-state index is 14.1. The molecular formula is C21H22F2N4O2. The molecule has 29 heavy (non-hydrogen) atoms. The molecular weight excluding hydrogens is 378 g/mol. The van der Waals surface area contributed by atoms with Crippen LogP contribution in [0, 0.1) is 25.5 Å². The minimum atomic E-state index is -0.751. The molecule has 0 saturated heterocycles. The zero-order chi connectivity index (χ0) is 21.0. The van der Waals surface area contributed by atoms with Crippen LogP contribution in [0.25, 0.3) is 5.69 Å². The summed E-state index contributed by atoms with van der Waals surface area (Å²) in [6, 6.07) is 6.81. The first-order chi connectivity index (χ1) is 13.9. The average molecular weight is 400 g/mol. The van der Waals surface area contributed by atoms with Gasteiger partial charge in [0.05, 0.1) is 23.6 Å². The molecule has 0 radical (unpaired) electrons. The highest BCUT2D eigenvalue weighted by molar-refractivity contribution is 5.96. The van der Waals surface area contributed by atoms with Gasteiger partial charge in [0.1, 0.15) is 11.5 Å². The number of nitrogens with one attached hydrogen (secondary N) is 1. The number of halogens is 2. The van der Waals surface area contributed by atoms with E-state index < -0.39 is 11.6 Å². The molecule has 0 aliphatic carbocycles. The Morgan fingerprint density at radius 2 is 2.00 bits per heavy atom. The Morgan fingerprint density at radius 3 is 2.66 bits per heavy atom. The minimum Gasteiger partial charge on any atom is -0.478 e. The van der Waals surface area contributed by atoms with E-state index in [4.69, 9.17) is 4.74 Å². The summed E-state index contributed by atoms with van der Waals surface area (Å²) in [7, 11) is 0. The normalized spacial score (nSPS) is 10.8. The molecule has 3 rings (SSSR count). The van der Waals surface area contributed by atoms with E-state index in [0.29, 0.717) is 29.4 Å². The van der Waals surface area contributed by atoms with Crippen LogP contribution in [-0.2, 0) is 6.54 Å². The van der Waals surface area contributed by atoms with Gasteiger partial charge in [0.2, 0.25) is 5.88 Å². The number of aromatic nitrogens is 3. The van der Waals surface area contributed by atoms with Crippen molar-refractivity contribution in [3.63, 3.8) is 0 Å². The van der Waals surface area contributed by atoms with E-state index in [0.717, 1.165) is 24.1 Å². The van der Waals surface area contributed by atoms with Gasteiger partial charge in [-0.05, 0) is 38.0 Å². The van der Waals surface area contributed by atoms with Crippen molar-refractivity contribution in [2.24, 2.45) is 0 Å². The lowest BCUT2D eigenvalue weighted by Gasteiger charge is -2.08. The van der Waals surface area contributed by atoms with E-state index in [2.05, 4.69) is 15.4 Å². The molecule has 1 aromatic carbocycles. The number of benzene rings is 1.